The van der Waals surface area contributed by atoms with Crippen LogP contribution in [0.25, 0.3) is 0 Å². The summed E-state index contributed by atoms with van der Waals surface area (Å²) in [6.45, 7) is 1.51. The minimum absolute atomic E-state index is 0.0333. The molecule has 0 aliphatic heterocycles. The molecular weight excluding hydrogens is 265 g/mol. The van der Waals surface area contributed by atoms with Crippen LogP contribution in [-0.2, 0) is 0 Å². The van der Waals surface area contributed by atoms with Gasteiger partial charge in [0.2, 0.25) is 5.75 Å². The summed E-state index contributed by atoms with van der Waals surface area (Å²) < 4.78 is 18.2. The molecule has 0 saturated heterocycles. The maximum absolute atomic E-state index is 12.8. The fraction of sp³-hybridized carbons (Fsp3) is 0.143. The fourth-order valence-corrected chi connectivity index (χ4v) is 1.65. The van der Waals surface area contributed by atoms with E-state index in [1.165, 1.54) is 49.4 Å². The molecule has 104 valence electrons. The number of ether oxygens (including phenoxy) is 1. The van der Waals surface area contributed by atoms with Gasteiger partial charge in [0.05, 0.1) is 11.0 Å². The van der Waals surface area contributed by atoms with E-state index in [9.17, 15) is 19.6 Å². The Labute approximate surface area is 114 Å². The second kappa shape index (κ2) is 5.66. The Kier molecular flexibility index (Phi) is 3.95. The van der Waals surface area contributed by atoms with Gasteiger partial charge >= 0.3 is 5.69 Å². The molecule has 1 N–H and O–H groups in total. The standard InChI is InChI=1S/C14H12FNO4/c1-9(17)10-2-7-14(13(8-10)16(18)19)20-12-5-3-11(15)4-6-12/h2-9,17H,1H3/t9-/m1/s1. The van der Waals surface area contributed by atoms with Crippen LogP contribution in [0.15, 0.2) is 42.5 Å². The molecule has 20 heavy (non-hydrogen) atoms. The van der Waals surface area contributed by atoms with E-state index in [4.69, 9.17) is 4.74 Å². The van der Waals surface area contributed by atoms with E-state index in [-0.39, 0.29) is 11.4 Å². The van der Waals surface area contributed by atoms with Gasteiger partial charge < -0.3 is 9.84 Å². The zero-order valence-corrected chi connectivity index (χ0v) is 10.6. The lowest BCUT2D eigenvalue weighted by Gasteiger charge is -2.09. The molecule has 0 aromatic heterocycles. The van der Waals surface area contributed by atoms with Crippen molar-refractivity contribution >= 4 is 5.69 Å². The number of nitro benzene ring substituents is 1. The average Bonchev–Trinajstić information content (AvgIpc) is 2.41. The summed E-state index contributed by atoms with van der Waals surface area (Å²) in [6.07, 6.45) is -0.812. The Morgan fingerprint density at radius 3 is 2.45 bits per heavy atom. The number of benzene rings is 2. The summed E-state index contributed by atoms with van der Waals surface area (Å²) >= 11 is 0. The van der Waals surface area contributed by atoms with E-state index in [0.29, 0.717) is 11.3 Å². The molecule has 2 aromatic carbocycles. The van der Waals surface area contributed by atoms with E-state index in [2.05, 4.69) is 0 Å². The molecule has 0 saturated carbocycles. The van der Waals surface area contributed by atoms with Gasteiger partial charge in [-0.15, -0.1) is 0 Å². The molecule has 1 atom stereocenters. The van der Waals surface area contributed by atoms with Crippen LogP contribution in [0.4, 0.5) is 10.1 Å². The number of aliphatic hydroxyl groups excluding tert-OH is 1. The van der Waals surface area contributed by atoms with Crippen LogP contribution in [-0.4, -0.2) is 10.0 Å². The maximum atomic E-state index is 12.8. The zero-order chi connectivity index (χ0) is 14.7. The third kappa shape index (κ3) is 3.10. The maximum Gasteiger partial charge on any atom is 0.311 e. The average molecular weight is 277 g/mol. The lowest BCUT2D eigenvalue weighted by molar-refractivity contribution is -0.385. The smallest absolute Gasteiger partial charge is 0.311 e. The first-order chi connectivity index (χ1) is 9.47. The first-order valence-corrected chi connectivity index (χ1v) is 5.87. The van der Waals surface area contributed by atoms with Gasteiger partial charge in [-0.3, -0.25) is 10.1 Å². The zero-order valence-electron chi connectivity index (χ0n) is 10.6. The number of nitrogens with zero attached hydrogens (tertiary/aromatic N) is 1. The van der Waals surface area contributed by atoms with Gasteiger partial charge in [0, 0.05) is 6.07 Å². The Hall–Kier alpha value is -2.47. The summed E-state index contributed by atoms with van der Waals surface area (Å²) in [5, 5.41) is 20.5. The van der Waals surface area contributed by atoms with E-state index < -0.39 is 16.8 Å². The first-order valence-electron chi connectivity index (χ1n) is 5.87. The van der Waals surface area contributed by atoms with Crippen LogP contribution >= 0.6 is 0 Å². The largest absolute Gasteiger partial charge is 0.450 e. The molecule has 0 fully saturated rings. The minimum Gasteiger partial charge on any atom is -0.450 e. The molecule has 5 nitrogen and oxygen atoms in total. The Morgan fingerprint density at radius 2 is 1.90 bits per heavy atom. The summed E-state index contributed by atoms with van der Waals surface area (Å²) in [4.78, 5) is 10.4. The Bertz CT molecular complexity index is 626. The third-order valence-electron chi connectivity index (χ3n) is 2.70. The molecule has 6 heteroatoms. The number of hydrogen-bond acceptors (Lipinski definition) is 4. The van der Waals surface area contributed by atoms with Crippen LogP contribution in [0, 0.1) is 15.9 Å². The number of nitro groups is 1. The molecule has 0 bridgehead atoms. The summed E-state index contributed by atoms with van der Waals surface area (Å²) in [6, 6.07) is 9.35. The molecular formula is C14H12FNO4. The predicted octanol–water partition coefficient (Wildman–Crippen LogP) is 3.58. The highest BCUT2D eigenvalue weighted by Gasteiger charge is 2.18. The van der Waals surface area contributed by atoms with Crippen molar-refractivity contribution in [3.05, 3.63) is 64.0 Å². The van der Waals surface area contributed by atoms with Gasteiger partial charge in [-0.1, -0.05) is 6.07 Å². The van der Waals surface area contributed by atoms with Crippen molar-refractivity contribution in [1.29, 1.82) is 0 Å². The molecule has 0 amide bonds. The predicted molar refractivity (Wildman–Crippen MR) is 70.2 cm³/mol. The monoisotopic (exact) mass is 277 g/mol. The Balaban J connectivity index is 2.35. The molecule has 0 radical (unpaired) electrons. The van der Waals surface area contributed by atoms with Crippen molar-refractivity contribution in [2.45, 2.75) is 13.0 Å². The van der Waals surface area contributed by atoms with Crippen molar-refractivity contribution in [1.82, 2.24) is 0 Å². The lowest BCUT2D eigenvalue weighted by Crippen LogP contribution is -1.97. The van der Waals surface area contributed by atoms with Crippen LogP contribution in [0.3, 0.4) is 0 Å². The molecule has 0 aliphatic carbocycles. The molecule has 0 unspecified atom stereocenters. The Morgan fingerprint density at radius 1 is 1.25 bits per heavy atom. The van der Waals surface area contributed by atoms with Crippen molar-refractivity contribution in [2.75, 3.05) is 0 Å². The van der Waals surface area contributed by atoms with Crippen LogP contribution in [0.5, 0.6) is 11.5 Å². The normalized spacial score (nSPS) is 11.9. The number of halogens is 1. The molecule has 0 heterocycles. The lowest BCUT2D eigenvalue weighted by atomic mass is 10.1. The summed E-state index contributed by atoms with van der Waals surface area (Å²) in [5.74, 6) is -0.0957. The van der Waals surface area contributed by atoms with Crippen molar-refractivity contribution < 1.29 is 19.2 Å². The van der Waals surface area contributed by atoms with Gasteiger partial charge in [0.15, 0.2) is 0 Å². The summed E-state index contributed by atoms with van der Waals surface area (Å²) in [7, 11) is 0. The number of aliphatic hydroxyl groups is 1. The van der Waals surface area contributed by atoms with E-state index in [1.807, 2.05) is 0 Å². The summed E-state index contributed by atoms with van der Waals surface area (Å²) in [5.41, 5.74) is 0.163. The van der Waals surface area contributed by atoms with Crippen molar-refractivity contribution in [3.8, 4) is 11.5 Å². The van der Waals surface area contributed by atoms with Gasteiger partial charge in [-0.05, 0) is 42.8 Å². The van der Waals surface area contributed by atoms with Gasteiger partial charge in [0.25, 0.3) is 0 Å². The van der Waals surface area contributed by atoms with Crippen LogP contribution in [0.1, 0.15) is 18.6 Å². The second-order valence-corrected chi connectivity index (χ2v) is 4.22. The van der Waals surface area contributed by atoms with Gasteiger partial charge in [-0.2, -0.15) is 0 Å². The molecule has 0 spiro atoms. The second-order valence-electron chi connectivity index (χ2n) is 4.22. The van der Waals surface area contributed by atoms with E-state index in [0.717, 1.165) is 0 Å². The molecule has 2 aromatic rings. The molecule has 2 rings (SSSR count). The SMILES string of the molecule is C[C@@H](O)c1ccc(Oc2ccc(F)cc2)c([N+](=O)[O-])c1. The van der Waals surface area contributed by atoms with E-state index in [1.54, 1.807) is 0 Å². The van der Waals surface area contributed by atoms with E-state index >= 15 is 0 Å². The topological polar surface area (TPSA) is 72.6 Å². The molecule has 0 aliphatic rings. The van der Waals surface area contributed by atoms with Crippen LogP contribution < -0.4 is 4.74 Å². The van der Waals surface area contributed by atoms with Gasteiger partial charge in [-0.25, -0.2) is 4.39 Å². The van der Waals surface area contributed by atoms with Crippen molar-refractivity contribution in [2.24, 2.45) is 0 Å². The highest BCUT2D eigenvalue weighted by Crippen LogP contribution is 2.33. The highest BCUT2D eigenvalue weighted by molar-refractivity contribution is 5.51. The minimum atomic E-state index is -0.812. The highest BCUT2D eigenvalue weighted by atomic mass is 19.1. The number of hydrogen-bond donors (Lipinski definition) is 1. The van der Waals surface area contributed by atoms with Crippen molar-refractivity contribution in [3.63, 3.8) is 0 Å². The van der Waals surface area contributed by atoms with Gasteiger partial charge in [0.1, 0.15) is 11.6 Å². The third-order valence-corrected chi connectivity index (χ3v) is 2.70. The first kappa shape index (κ1) is 14.0. The fourth-order valence-electron chi connectivity index (χ4n) is 1.65. The quantitative estimate of drug-likeness (QED) is 0.684. The number of rotatable bonds is 4. The van der Waals surface area contributed by atoms with Crippen LogP contribution in [0.2, 0.25) is 0 Å².